The molecular formula is C39H64BBrO10Si2. The van der Waals surface area contributed by atoms with Crippen molar-refractivity contribution in [3.8, 4) is 34.5 Å². The minimum Gasteiger partial charge on any atom is -0.541 e. The maximum absolute atomic E-state index is 9.55. The zero-order chi connectivity index (χ0) is 44.8. The highest BCUT2D eigenvalue weighted by molar-refractivity contribution is 9.10. The van der Waals surface area contributed by atoms with Crippen LogP contribution in [0.2, 0.25) is 41.5 Å². The molecule has 4 atom stereocenters. The van der Waals surface area contributed by atoms with Crippen LogP contribution in [0.4, 0.5) is 0 Å². The molecule has 0 radical (unpaired) electrons. The van der Waals surface area contributed by atoms with Crippen molar-refractivity contribution in [3.63, 3.8) is 0 Å². The van der Waals surface area contributed by atoms with Crippen LogP contribution in [0, 0.1) is 5.92 Å². The summed E-state index contributed by atoms with van der Waals surface area (Å²) < 4.78 is 117. The Morgan fingerprint density at radius 2 is 1.60 bits per heavy atom. The molecular weight excluding hydrogens is 775 g/mol. The Morgan fingerprint density at radius 3 is 2.13 bits per heavy atom. The zero-order valence-corrected chi connectivity index (χ0v) is 37.7. The molecule has 2 aliphatic heterocycles. The molecule has 2 aromatic carbocycles. The van der Waals surface area contributed by atoms with Crippen molar-refractivity contribution >= 4 is 39.7 Å². The van der Waals surface area contributed by atoms with E-state index in [2.05, 4.69) is 91.3 Å². The van der Waals surface area contributed by atoms with Crippen LogP contribution in [0.15, 0.2) is 22.7 Å². The van der Waals surface area contributed by atoms with Gasteiger partial charge in [0.05, 0.1) is 36.5 Å². The van der Waals surface area contributed by atoms with Gasteiger partial charge in [0.25, 0.3) is 8.32 Å². The van der Waals surface area contributed by atoms with E-state index in [4.69, 9.17) is 50.7 Å². The molecule has 4 rings (SSSR count). The first-order valence-electron chi connectivity index (χ1n) is 21.3. The highest BCUT2D eigenvalue weighted by Gasteiger charge is 2.57. The van der Waals surface area contributed by atoms with Crippen molar-refractivity contribution in [2.24, 2.45) is 5.92 Å². The van der Waals surface area contributed by atoms with E-state index in [1.165, 1.54) is 21.3 Å². The summed E-state index contributed by atoms with van der Waals surface area (Å²) in [4.78, 5) is 0. The summed E-state index contributed by atoms with van der Waals surface area (Å²) in [5, 5.41) is -0.228. The molecule has 2 heterocycles. The molecule has 2 aliphatic rings. The minimum atomic E-state index is -3.07. The largest absolute Gasteiger partial charge is 0.541 e. The van der Waals surface area contributed by atoms with Crippen LogP contribution < -0.4 is 28.1 Å². The van der Waals surface area contributed by atoms with Crippen molar-refractivity contribution in [2.75, 3.05) is 34.9 Å². The van der Waals surface area contributed by atoms with Crippen LogP contribution in [0.25, 0.3) is 0 Å². The lowest BCUT2D eigenvalue weighted by Crippen LogP contribution is -2.58. The van der Waals surface area contributed by atoms with E-state index in [0.717, 1.165) is 0 Å². The van der Waals surface area contributed by atoms with E-state index in [9.17, 15) is 4.11 Å². The molecule has 53 heavy (non-hydrogen) atoms. The van der Waals surface area contributed by atoms with Gasteiger partial charge in [0.15, 0.2) is 29.8 Å². The number of fused-ring (bicyclic) bond motifs is 1. The lowest BCUT2D eigenvalue weighted by atomic mass is 9.72. The third kappa shape index (κ3) is 8.30. The fourth-order valence-corrected chi connectivity index (χ4v) is 14.7. The first-order chi connectivity index (χ1) is 27.1. The van der Waals surface area contributed by atoms with Gasteiger partial charge in [-0.25, -0.2) is 0 Å². The van der Waals surface area contributed by atoms with Crippen molar-refractivity contribution in [2.45, 2.75) is 135 Å². The van der Waals surface area contributed by atoms with Crippen molar-refractivity contribution in [1.29, 1.82) is 0 Å². The lowest BCUT2D eigenvalue weighted by Gasteiger charge is -2.54. The summed E-state index contributed by atoms with van der Waals surface area (Å²) in [5.74, 6) is 0.630. The Labute approximate surface area is 338 Å². The van der Waals surface area contributed by atoms with Crippen molar-refractivity contribution in [1.82, 2.24) is 0 Å². The molecule has 0 unspecified atom stereocenters. The molecule has 0 N–H and O–H groups in total. The zero-order valence-electron chi connectivity index (χ0n) is 40.1. The molecule has 0 aliphatic carbocycles. The van der Waals surface area contributed by atoms with Gasteiger partial charge in [-0.15, -0.1) is 0 Å². The number of rotatable bonds is 15. The number of ether oxygens (including phenoxy) is 6. The molecule has 1 fully saturated rings. The lowest BCUT2D eigenvalue weighted by molar-refractivity contribution is -0.151. The van der Waals surface area contributed by atoms with Gasteiger partial charge in [-0.05, 0) is 88.1 Å². The highest BCUT2D eigenvalue weighted by atomic mass is 79.9. The average Bonchev–Trinajstić information content (AvgIpc) is 3.58. The van der Waals surface area contributed by atoms with Crippen LogP contribution in [0.3, 0.4) is 0 Å². The van der Waals surface area contributed by atoms with Gasteiger partial charge >= 0.3 is 7.12 Å². The maximum atomic E-state index is 9.55. The first kappa shape index (κ1) is 35.5. The SMILES string of the molecule is [2H]C([2H])([2H])B1O[C@@H](c2cc3c(c(OCOC)c2Br)OCO3)[C@H](C)[C@]([C@H](O[Si](C(C)C)(C(C)C)C(C)C)c2cc(OC)c(OC)c(O[Si](C)(C)C(C)(C)C)c2)(C([2H])([2H])[2H])O1. The molecule has 0 bridgehead atoms. The second kappa shape index (κ2) is 16.7. The summed E-state index contributed by atoms with van der Waals surface area (Å²) in [6.07, 6.45) is -2.68. The second-order valence-electron chi connectivity index (χ2n) is 16.4. The summed E-state index contributed by atoms with van der Waals surface area (Å²) in [6, 6.07) is 5.08. The first-order valence-corrected chi connectivity index (χ1v) is 24.1. The van der Waals surface area contributed by atoms with E-state index in [-0.39, 0.29) is 46.7 Å². The molecule has 2 aromatic rings. The van der Waals surface area contributed by atoms with Crippen LogP contribution in [0.1, 0.15) is 108 Å². The highest BCUT2D eigenvalue weighted by Crippen LogP contribution is 2.58. The summed E-state index contributed by atoms with van der Waals surface area (Å²) in [5.41, 5.74) is -1.73. The molecule has 1 saturated heterocycles. The number of benzene rings is 2. The topological polar surface area (TPSA) is 92.3 Å². The smallest absolute Gasteiger partial charge is 0.454 e. The average molecular weight is 846 g/mol. The molecule has 0 spiro atoms. The van der Waals surface area contributed by atoms with E-state index in [1.54, 1.807) is 25.1 Å². The predicted molar refractivity (Wildman–Crippen MR) is 219 cm³/mol. The molecule has 0 amide bonds. The van der Waals surface area contributed by atoms with E-state index in [0.29, 0.717) is 38.6 Å². The van der Waals surface area contributed by atoms with Crippen LogP contribution in [-0.2, 0) is 18.5 Å². The summed E-state index contributed by atoms with van der Waals surface area (Å²) in [7, 11) is -3.18. The Hall–Kier alpha value is -1.94. The van der Waals surface area contributed by atoms with Crippen LogP contribution in [0.5, 0.6) is 34.5 Å². The number of hydrogen-bond acceptors (Lipinski definition) is 10. The van der Waals surface area contributed by atoms with Gasteiger partial charge < -0.3 is 46.6 Å². The third-order valence-electron chi connectivity index (χ3n) is 11.3. The predicted octanol–water partition coefficient (Wildman–Crippen LogP) is 11.1. The van der Waals surface area contributed by atoms with Gasteiger partial charge in [-0.2, -0.15) is 0 Å². The Bertz CT molecular complexity index is 1770. The third-order valence-corrected chi connectivity index (χ3v) is 22.5. The summed E-state index contributed by atoms with van der Waals surface area (Å²) >= 11 is 3.68. The van der Waals surface area contributed by atoms with Crippen molar-refractivity contribution < 1.29 is 54.8 Å². The van der Waals surface area contributed by atoms with Gasteiger partial charge in [0.2, 0.25) is 26.6 Å². The Balaban J connectivity index is 2.20. The van der Waals surface area contributed by atoms with Gasteiger partial charge in [0, 0.05) is 26.8 Å². The molecule has 0 aromatic heterocycles. The summed E-state index contributed by atoms with van der Waals surface area (Å²) in [6.45, 7) is 18.6. The fourth-order valence-electron chi connectivity index (χ4n) is 7.51. The van der Waals surface area contributed by atoms with E-state index < -0.39 is 61.1 Å². The normalized spacial score (nSPS) is 23.6. The van der Waals surface area contributed by atoms with E-state index >= 15 is 0 Å². The molecule has 0 saturated carbocycles. The monoisotopic (exact) mass is 844 g/mol. The fraction of sp³-hybridized carbons (Fsp3) is 0.692. The van der Waals surface area contributed by atoms with Crippen LogP contribution >= 0.6 is 15.9 Å². The molecule has 10 nitrogen and oxygen atoms in total. The number of methoxy groups -OCH3 is 3. The minimum absolute atomic E-state index is 0.0189. The Kier molecular flexibility index (Phi) is 11.1. The second-order valence-corrected chi connectivity index (χ2v) is 27.3. The van der Waals surface area contributed by atoms with Crippen LogP contribution in [-0.4, -0.2) is 64.3 Å². The van der Waals surface area contributed by atoms with Gasteiger partial charge in [0.1, 0.15) is 0 Å². The number of halogens is 1. The quantitative estimate of drug-likeness (QED) is 0.127. The standard InChI is InChI=1S/C39H64BBrO10Si2/c1-23(2)53(24(3)4,25(5)6)50-37(27-18-29(43-14)34(44-15)31(19-27)49-52(16,17)38(8,9)10)39(11)26(7)33(48-40(12)51-39)28-20-30-35(47-22-45-30)36(32(28)41)46-21-42-13/h18-20,23-26,33,37H,21-22H2,1-17H3/t26-,33+,37+,39-/m0/s1/i11D3,12D3. The van der Waals surface area contributed by atoms with Crippen molar-refractivity contribution in [3.05, 3.63) is 33.8 Å². The van der Waals surface area contributed by atoms with Gasteiger partial charge in [-0.3, -0.25) is 0 Å². The van der Waals surface area contributed by atoms with E-state index in [1.807, 2.05) is 0 Å². The Morgan fingerprint density at radius 1 is 0.962 bits per heavy atom. The van der Waals surface area contributed by atoms with Gasteiger partial charge in [-0.1, -0.05) is 69.2 Å². The molecule has 298 valence electrons. The maximum Gasteiger partial charge on any atom is 0.454 e. The number of hydrogen-bond donors (Lipinski definition) is 0. The molecule has 14 heteroatoms.